The molecule has 0 aliphatic rings. The molecule has 0 atom stereocenters. The molecule has 0 heterocycles. The second kappa shape index (κ2) is 7.27. The molecule has 17 heavy (non-hydrogen) atoms. The highest BCUT2D eigenvalue weighted by molar-refractivity contribution is 9.10. The molecule has 2 N–H and O–H groups in total. The van der Waals surface area contributed by atoms with Gasteiger partial charge in [0.25, 0.3) is 0 Å². The minimum Gasteiger partial charge on any atom is -0.481 e. The van der Waals surface area contributed by atoms with Gasteiger partial charge in [0.05, 0.1) is 0 Å². The fourth-order valence-electron chi connectivity index (χ4n) is 1.43. The van der Waals surface area contributed by atoms with Crippen molar-refractivity contribution >= 4 is 27.6 Å². The lowest BCUT2D eigenvalue weighted by Gasteiger charge is -2.08. The number of aliphatic carboxylic acids is 1. The van der Waals surface area contributed by atoms with Gasteiger partial charge in [-0.1, -0.05) is 6.42 Å². The van der Waals surface area contributed by atoms with Crippen molar-refractivity contribution in [3.05, 3.63) is 28.5 Å². The molecule has 94 valence electrons. The SMILES string of the molecule is O=C(O)CCCCCNc1ccc(F)cc1Br. The molecule has 1 aromatic rings. The topological polar surface area (TPSA) is 49.3 Å². The molecule has 0 fully saturated rings. The average molecular weight is 304 g/mol. The number of unbranched alkanes of at least 4 members (excludes halogenated alkanes) is 2. The summed E-state index contributed by atoms with van der Waals surface area (Å²) in [4.78, 5) is 10.3. The van der Waals surface area contributed by atoms with Gasteiger partial charge >= 0.3 is 5.97 Å². The van der Waals surface area contributed by atoms with E-state index in [9.17, 15) is 9.18 Å². The van der Waals surface area contributed by atoms with Crippen LogP contribution in [0, 0.1) is 5.82 Å². The molecule has 0 unspecified atom stereocenters. The lowest BCUT2D eigenvalue weighted by Crippen LogP contribution is -2.03. The van der Waals surface area contributed by atoms with Crippen LogP contribution in [0.3, 0.4) is 0 Å². The van der Waals surface area contributed by atoms with E-state index in [0.29, 0.717) is 10.9 Å². The van der Waals surface area contributed by atoms with Crippen LogP contribution in [-0.2, 0) is 4.79 Å². The van der Waals surface area contributed by atoms with Crippen LogP contribution in [0.1, 0.15) is 25.7 Å². The second-order valence-electron chi connectivity index (χ2n) is 3.76. The van der Waals surface area contributed by atoms with Gasteiger partial charge in [-0.3, -0.25) is 4.79 Å². The van der Waals surface area contributed by atoms with Crippen molar-refractivity contribution in [3.63, 3.8) is 0 Å². The first-order chi connectivity index (χ1) is 8.09. The zero-order chi connectivity index (χ0) is 12.7. The Kier molecular flexibility index (Phi) is 5.97. The summed E-state index contributed by atoms with van der Waals surface area (Å²) in [6.45, 7) is 0.754. The molecule has 0 amide bonds. The fraction of sp³-hybridized carbons (Fsp3) is 0.417. The lowest BCUT2D eigenvalue weighted by molar-refractivity contribution is -0.137. The van der Waals surface area contributed by atoms with Crippen molar-refractivity contribution < 1.29 is 14.3 Å². The Morgan fingerprint density at radius 3 is 2.76 bits per heavy atom. The van der Waals surface area contributed by atoms with Gasteiger partial charge < -0.3 is 10.4 Å². The number of hydrogen-bond acceptors (Lipinski definition) is 2. The quantitative estimate of drug-likeness (QED) is 0.756. The number of carbonyl (C=O) groups is 1. The highest BCUT2D eigenvalue weighted by Gasteiger charge is 2.01. The summed E-state index contributed by atoms with van der Waals surface area (Å²) < 4.78 is 13.5. The van der Waals surface area contributed by atoms with Crippen molar-refractivity contribution in [2.45, 2.75) is 25.7 Å². The first-order valence-corrected chi connectivity index (χ1v) is 6.29. The summed E-state index contributed by atoms with van der Waals surface area (Å²) in [5.41, 5.74) is 0.852. The number of halogens is 2. The summed E-state index contributed by atoms with van der Waals surface area (Å²) in [7, 11) is 0. The molecule has 0 saturated carbocycles. The minimum absolute atomic E-state index is 0.222. The predicted molar refractivity (Wildman–Crippen MR) is 68.7 cm³/mol. The number of carboxylic acid groups (broad SMARTS) is 1. The van der Waals surface area contributed by atoms with E-state index in [2.05, 4.69) is 21.2 Å². The smallest absolute Gasteiger partial charge is 0.303 e. The number of nitrogens with one attached hydrogen (secondary N) is 1. The standard InChI is InChI=1S/C12H15BrFNO2/c13-10-8-9(14)5-6-11(10)15-7-3-1-2-4-12(16)17/h5-6,8,15H,1-4,7H2,(H,16,17). The van der Waals surface area contributed by atoms with Crippen LogP contribution in [0.5, 0.6) is 0 Å². The molecule has 0 bridgehead atoms. The Morgan fingerprint density at radius 1 is 1.35 bits per heavy atom. The third kappa shape index (κ3) is 5.68. The lowest BCUT2D eigenvalue weighted by atomic mass is 10.2. The van der Waals surface area contributed by atoms with Crippen LogP contribution >= 0.6 is 15.9 Å². The third-order valence-electron chi connectivity index (χ3n) is 2.31. The molecule has 0 radical (unpaired) electrons. The zero-order valence-corrected chi connectivity index (χ0v) is 11.0. The Labute approximate surface area is 108 Å². The largest absolute Gasteiger partial charge is 0.481 e. The van der Waals surface area contributed by atoms with Gasteiger partial charge in [-0.2, -0.15) is 0 Å². The van der Waals surface area contributed by atoms with Gasteiger partial charge in [0, 0.05) is 23.1 Å². The van der Waals surface area contributed by atoms with Crippen LogP contribution in [0.25, 0.3) is 0 Å². The molecule has 0 saturated heterocycles. The highest BCUT2D eigenvalue weighted by atomic mass is 79.9. The monoisotopic (exact) mass is 303 g/mol. The van der Waals surface area contributed by atoms with Gasteiger partial charge in [-0.05, 0) is 47.0 Å². The van der Waals surface area contributed by atoms with Crippen molar-refractivity contribution in [1.29, 1.82) is 0 Å². The summed E-state index contributed by atoms with van der Waals surface area (Å²) in [5, 5.41) is 11.6. The summed E-state index contributed by atoms with van der Waals surface area (Å²) in [6.07, 6.45) is 2.69. The van der Waals surface area contributed by atoms with Gasteiger partial charge in [-0.15, -0.1) is 0 Å². The molecule has 5 heteroatoms. The maximum Gasteiger partial charge on any atom is 0.303 e. The van der Waals surface area contributed by atoms with Crippen LogP contribution in [0.4, 0.5) is 10.1 Å². The summed E-state index contributed by atoms with van der Waals surface area (Å²) in [5.74, 6) is -1.02. The minimum atomic E-state index is -0.751. The highest BCUT2D eigenvalue weighted by Crippen LogP contribution is 2.22. The fourth-order valence-corrected chi connectivity index (χ4v) is 1.92. The number of anilines is 1. The van der Waals surface area contributed by atoms with Crippen molar-refractivity contribution in [2.24, 2.45) is 0 Å². The maximum atomic E-state index is 12.8. The first kappa shape index (κ1) is 14.0. The Bertz CT molecular complexity index is 385. The van der Waals surface area contributed by atoms with Gasteiger partial charge in [0.15, 0.2) is 0 Å². The van der Waals surface area contributed by atoms with E-state index < -0.39 is 5.97 Å². The normalized spacial score (nSPS) is 10.2. The van der Waals surface area contributed by atoms with E-state index in [0.717, 1.165) is 25.1 Å². The molecule has 3 nitrogen and oxygen atoms in total. The summed E-state index contributed by atoms with van der Waals surface area (Å²) >= 11 is 3.27. The first-order valence-electron chi connectivity index (χ1n) is 5.50. The van der Waals surface area contributed by atoms with E-state index in [1.54, 1.807) is 6.07 Å². The molecule has 0 aliphatic carbocycles. The maximum absolute atomic E-state index is 12.8. The van der Waals surface area contributed by atoms with Crippen molar-refractivity contribution in [3.8, 4) is 0 Å². The molecule has 1 rings (SSSR count). The average Bonchev–Trinajstić information content (AvgIpc) is 2.25. The number of benzene rings is 1. The van der Waals surface area contributed by atoms with Gasteiger partial charge in [0.1, 0.15) is 5.82 Å². The Hall–Kier alpha value is -1.10. The predicted octanol–water partition coefficient (Wildman–Crippen LogP) is 3.65. The van der Waals surface area contributed by atoms with E-state index in [1.807, 2.05) is 0 Å². The van der Waals surface area contributed by atoms with E-state index >= 15 is 0 Å². The second-order valence-corrected chi connectivity index (χ2v) is 4.61. The van der Waals surface area contributed by atoms with E-state index in [1.165, 1.54) is 12.1 Å². The van der Waals surface area contributed by atoms with E-state index in [4.69, 9.17) is 5.11 Å². The van der Waals surface area contributed by atoms with Crippen molar-refractivity contribution in [1.82, 2.24) is 0 Å². The molecular formula is C12H15BrFNO2. The number of rotatable bonds is 7. The Morgan fingerprint density at radius 2 is 2.12 bits per heavy atom. The van der Waals surface area contributed by atoms with Crippen molar-refractivity contribution in [2.75, 3.05) is 11.9 Å². The van der Waals surface area contributed by atoms with Gasteiger partial charge in [-0.25, -0.2) is 4.39 Å². The van der Waals surface area contributed by atoms with Crippen LogP contribution in [0.2, 0.25) is 0 Å². The van der Waals surface area contributed by atoms with Crippen LogP contribution in [-0.4, -0.2) is 17.6 Å². The molecular weight excluding hydrogens is 289 g/mol. The molecule has 0 spiro atoms. The van der Waals surface area contributed by atoms with Gasteiger partial charge in [0.2, 0.25) is 0 Å². The molecule has 0 aliphatic heterocycles. The summed E-state index contributed by atoms with van der Waals surface area (Å²) in [6, 6.07) is 4.49. The zero-order valence-electron chi connectivity index (χ0n) is 9.38. The number of carboxylic acids is 1. The molecule has 0 aromatic heterocycles. The van der Waals surface area contributed by atoms with Crippen LogP contribution in [0.15, 0.2) is 22.7 Å². The van der Waals surface area contributed by atoms with E-state index in [-0.39, 0.29) is 12.2 Å². The number of hydrogen-bond donors (Lipinski definition) is 2. The third-order valence-corrected chi connectivity index (χ3v) is 2.97. The Balaban J connectivity index is 2.20. The van der Waals surface area contributed by atoms with Crippen LogP contribution < -0.4 is 5.32 Å². The molecule has 1 aromatic carbocycles.